The maximum atomic E-state index is 12.1. The molecule has 2 rings (SSSR count). The van der Waals surface area contributed by atoms with Gasteiger partial charge in [-0.2, -0.15) is 0 Å². The normalized spacial score (nSPS) is 18.7. The first-order valence-corrected chi connectivity index (χ1v) is 7.76. The molecule has 5 nitrogen and oxygen atoms in total. The number of aryl methyl sites for hydroxylation is 1. The molecule has 2 unspecified atom stereocenters. The molecule has 0 aliphatic carbocycles. The van der Waals surface area contributed by atoms with E-state index in [1.165, 1.54) is 6.92 Å². The molecule has 5 heteroatoms. The van der Waals surface area contributed by atoms with Crippen molar-refractivity contribution in [3.8, 4) is 0 Å². The number of hydrogen-bond donors (Lipinski definition) is 2. The highest BCUT2D eigenvalue weighted by Crippen LogP contribution is 2.18. The molecule has 1 fully saturated rings. The minimum atomic E-state index is -0.303. The molecule has 0 saturated carbocycles. The van der Waals surface area contributed by atoms with E-state index in [4.69, 9.17) is 4.74 Å². The maximum absolute atomic E-state index is 12.1. The Balaban J connectivity index is 1.91. The average molecular weight is 304 g/mol. The van der Waals surface area contributed by atoms with E-state index in [-0.39, 0.29) is 30.4 Å². The Bertz CT molecular complexity index is 507. The van der Waals surface area contributed by atoms with Crippen LogP contribution in [-0.4, -0.2) is 31.1 Å². The van der Waals surface area contributed by atoms with Gasteiger partial charge >= 0.3 is 0 Å². The van der Waals surface area contributed by atoms with Crippen molar-refractivity contribution in [1.82, 2.24) is 10.6 Å². The van der Waals surface area contributed by atoms with Gasteiger partial charge in [-0.05, 0) is 25.3 Å². The van der Waals surface area contributed by atoms with Crippen LogP contribution in [0.2, 0.25) is 0 Å². The molecular weight excluding hydrogens is 280 g/mol. The number of nitrogens with one attached hydrogen (secondary N) is 2. The Morgan fingerprint density at radius 3 is 2.64 bits per heavy atom. The van der Waals surface area contributed by atoms with E-state index in [1.54, 1.807) is 0 Å². The average Bonchev–Trinajstić information content (AvgIpc) is 2.98. The minimum Gasteiger partial charge on any atom is -0.376 e. The smallest absolute Gasteiger partial charge is 0.222 e. The summed E-state index contributed by atoms with van der Waals surface area (Å²) in [5.74, 6) is -0.215. The van der Waals surface area contributed by atoms with Crippen LogP contribution in [0.3, 0.4) is 0 Å². The largest absolute Gasteiger partial charge is 0.376 e. The lowest BCUT2D eigenvalue weighted by Gasteiger charge is -2.19. The van der Waals surface area contributed by atoms with Gasteiger partial charge in [0.25, 0.3) is 0 Å². The Morgan fingerprint density at radius 1 is 1.32 bits per heavy atom. The molecule has 0 spiro atoms. The van der Waals surface area contributed by atoms with Crippen LogP contribution in [0.25, 0.3) is 0 Å². The summed E-state index contributed by atoms with van der Waals surface area (Å²) in [4.78, 5) is 23.5. The fraction of sp³-hybridized carbons (Fsp3) is 0.529. The molecule has 1 heterocycles. The summed E-state index contributed by atoms with van der Waals surface area (Å²) in [6.07, 6.45) is 2.41. The van der Waals surface area contributed by atoms with E-state index in [9.17, 15) is 9.59 Å². The van der Waals surface area contributed by atoms with Crippen LogP contribution >= 0.6 is 0 Å². The Kier molecular flexibility index (Phi) is 5.95. The van der Waals surface area contributed by atoms with Gasteiger partial charge in [-0.3, -0.25) is 9.59 Å². The van der Waals surface area contributed by atoms with Crippen LogP contribution in [0.4, 0.5) is 0 Å². The molecule has 120 valence electrons. The molecule has 1 aliphatic rings. The molecule has 1 saturated heterocycles. The predicted octanol–water partition coefficient (Wildman–Crippen LogP) is 1.86. The third-order valence-electron chi connectivity index (χ3n) is 3.80. The van der Waals surface area contributed by atoms with Gasteiger partial charge < -0.3 is 15.4 Å². The van der Waals surface area contributed by atoms with Gasteiger partial charge in [-0.15, -0.1) is 0 Å². The molecule has 2 N–H and O–H groups in total. The second-order valence-corrected chi connectivity index (χ2v) is 5.81. The number of carbonyl (C=O) groups is 2. The fourth-order valence-electron chi connectivity index (χ4n) is 2.59. The van der Waals surface area contributed by atoms with Crippen molar-refractivity contribution in [2.45, 2.75) is 45.3 Å². The van der Waals surface area contributed by atoms with Crippen molar-refractivity contribution in [2.75, 3.05) is 13.2 Å². The zero-order chi connectivity index (χ0) is 15.9. The molecule has 2 atom stereocenters. The minimum absolute atomic E-state index is 0.0742. The number of hydrogen-bond acceptors (Lipinski definition) is 3. The highest BCUT2D eigenvalue weighted by atomic mass is 16.5. The van der Waals surface area contributed by atoms with Crippen LogP contribution in [0, 0.1) is 6.92 Å². The van der Waals surface area contributed by atoms with Crippen LogP contribution in [0.5, 0.6) is 0 Å². The van der Waals surface area contributed by atoms with Crippen molar-refractivity contribution in [3.63, 3.8) is 0 Å². The standard InChI is InChI=1S/C17H24N2O3/c1-12-5-7-14(8-6-12)16(19-13(2)20)10-17(21)18-11-15-4-3-9-22-15/h5-8,15-16H,3-4,9-11H2,1-2H3,(H,18,21)(H,19,20). The van der Waals surface area contributed by atoms with Gasteiger partial charge in [0.05, 0.1) is 18.6 Å². The van der Waals surface area contributed by atoms with Gasteiger partial charge in [0, 0.05) is 20.1 Å². The van der Waals surface area contributed by atoms with Crippen molar-refractivity contribution in [2.24, 2.45) is 0 Å². The molecule has 1 aromatic carbocycles. The third kappa shape index (κ3) is 5.15. The van der Waals surface area contributed by atoms with Crippen molar-refractivity contribution >= 4 is 11.8 Å². The van der Waals surface area contributed by atoms with Crippen molar-refractivity contribution in [1.29, 1.82) is 0 Å². The quantitative estimate of drug-likeness (QED) is 0.843. The lowest BCUT2D eigenvalue weighted by atomic mass is 10.0. The van der Waals surface area contributed by atoms with Crippen LogP contribution in [0.1, 0.15) is 43.4 Å². The zero-order valence-corrected chi connectivity index (χ0v) is 13.2. The summed E-state index contributed by atoms with van der Waals surface area (Å²) < 4.78 is 5.49. The SMILES string of the molecule is CC(=O)NC(CC(=O)NCC1CCCO1)c1ccc(C)cc1. The molecule has 0 bridgehead atoms. The van der Waals surface area contributed by atoms with E-state index in [1.807, 2.05) is 31.2 Å². The highest BCUT2D eigenvalue weighted by molar-refractivity contribution is 5.79. The van der Waals surface area contributed by atoms with E-state index >= 15 is 0 Å². The topological polar surface area (TPSA) is 67.4 Å². The van der Waals surface area contributed by atoms with Crippen LogP contribution in [-0.2, 0) is 14.3 Å². The molecule has 1 aliphatic heterocycles. The summed E-state index contributed by atoms with van der Waals surface area (Å²) in [7, 11) is 0. The zero-order valence-electron chi connectivity index (χ0n) is 13.2. The van der Waals surface area contributed by atoms with Crippen molar-refractivity contribution in [3.05, 3.63) is 35.4 Å². The summed E-state index contributed by atoms with van der Waals surface area (Å²) >= 11 is 0. The van der Waals surface area contributed by atoms with E-state index < -0.39 is 0 Å². The number of ether oxygens (including phenoxy) is 1. The van der Waals surface area contributed by atoms with Crippen LogP contribution < -0.4 is 10.6 Å². The molecule has 1 aromatic rings. The summed E-state index contributed by atoms with van der Waals surface area (Å²) in [6, 6.07) is 7.55. The third-order valence-corrected chi connectivity index (χ3v) is 3.80. The van der Waals surface area contributed by atoms with Crippen molar-refractivity contribution < 1.29 is 14.3 Å². The number of rotatable bonds is 6. The predicted molar refractivity (Wildman–Crippen MR) is 84.3 cm³/mol. The Hall–Kier alpha value is -1.88. The van der Waals surface area contributed by atoms with Crippen LogP contribution in [0.15, 0.2) is 24.3 Å². The molecule has 0 radical (unpaired) electrons. The summed E-state index contributed by atoms with van der Waals surface area (Å²) in [5, 5.41) is 5.74. The maximum Gasteiger partial charge on any atom is 0.222 e. The van der Waals surface area contributed by atoms with Gasteiger partial charge in [0.15, 0.2) is 0 Å². The van der Waals surface area contributed by atoms with Gasteiger partial charge in [-0.25, -0.2) is 0 Å². The van der Waals surface area contributed by atoms with E-state index in [0.717, 1.165) is 30.6 Å². The first kappa shape index (κ1) is 16.5. The van der Waals surface area contributed by atoms with Gasteiger partial charge in [-0.1, -0.05) is 29.8 Å². The highest BCUT2D eigenvalue weighted by Gasteiger charge is 2.19. The summed E-state index contributed by atoms with van der Waals surface area (Å²) in [6.45, 7) is 4.79. The monoisotopic (exact) mass is 304 g/mol. The lowest BCUT2D eigenvalue weighted by Crippen LogP contribution is -2.36. The molecular formula is C17H24N2O3. The number of benzene rings is 1. The number of amides is 2. The summed E-state index contributed by atoms with van der Waals surface area (Å²) in [5.41, 5.74) is 2.08. The van der Waals surface area contributed by atoms with E-state index in [2.05, 4.69) is 10.6 Å². The second-order valence-electron chi connectivity index (χ2n) is 5.81. The Morgan fingerprint density at radius 2 is 2.05 bits per heavy atom. The first-order valence-electron chi connectivity index (χ1n) is 7.76. The van der Waals surface area contributed by atoms with E-state index in [0.29, 0.717) is 6.54 Å². The lowest BCUT2D eigenvalue weighted by molar-refractivity contribution is -0.123. The first-order chi connectivity index (χ1) is 10.5. The van der Waals surface area contributed by atoms with Gasteiger partial charge in [0.2, 0.25) is 11.8 Å². The van der Waals surface area contributed by atoms with Gasteiger partial charge in [0.1, 0.15) is 0 Å². The fourth-order valence-corrected chi connectivity index (χ4v) is 2.59. The second kappa shape index (κ2) is 7.94. The number of carbonyl (C=O) groups excluding carboxylic acids is 2. The molecule has 22 heavy (non-hydrogen) atoms. The molecule has 0 aromatic heterocycles. The Labute approximate surface area is 131 Å². The molecule has 2 amide bonds.